The third-order valence-corrected chi connectivity index (χ3v) is 3.59. The minimum absolute atomic E-state index is 0.0130. The molecule has 1 saturated carbocycles. The van der Waals surface area contributed by atoms with Crippen LogP contribution in [0, 0.1) is 5.41 Å². The second-order valence-electron chi connectivity index (χ2n) is 6.04. The van der Waals surface area contributed by atoms with Gasteiger partial charge in [0.15, 0.2) is 0 Å². The topological polar surface area (TPSA) is 66.6 Å². The Labute approximate surface area is 104 Å². The van der Waals surface area contributed by atoms with Crippen LogP contribution in [0.15, 0.2) is 0 Å². The number of amides is 1. The number of hydrogen-bond acceptors (Lipinski definition) is 3. The number of aliphatic hydroxyl groups is 1. The Kier molecular flexibility index (Phi) is 4.95. The Hall–Kier alpha value is -0.610. The molecule has 17 heavy (non-hydrogen) atoms. The van der Waals surface area contributed by atoms with Gasteiger partial charge in [0.25, 0.3) is 0 Å². The quantitative estimate of drug-likeness (QED) is 0.776. The lowest BCUT2D eigenvalue weighted by atomic mass is 9.86. The Bertz CT molecular complexity index is 255. The van der Waals surface area contributed by atoms with Crippen LogP contribution in [0.5, 0.6) is 0 Å². The summed E-state index contributed by atoms with van der Waals surface area (Å²) in [6, 6.07) is -0.210. The summed E-state index contributed by atoms with van der Waals surface area (Å²) in [6.45, 7) is 6.34. The molecule has 0 bridgehead atoms. The van der Waals surface area contributed by atoms with Crippen molar-refractivity contribution in [2.45, 2.75) is 58.5 Å². The van der Waals surface area contributed by atoms with Crippen molar-refractivity contribution in [2.24, 2.45) is 11.1 Å². The van der Waals surface area contributed by atoms with E-state index in [1.54, 1.807) is 4.90 Å². The van der Waals surface area contributed by atoms with Crippen molar-refractivity contribution >= 4 is 5.91 Å². The summed E-state index contributed by atoms with van der Waals surface area (Å²) in [6.07, 6.45) is 4.43. The minimum Gasteiger partial charge on any atom is -0.395 e. The smallest absolute Gasteiger partial charge is 0.240 e. The normalized spacial score (nSPS) is 19.4. The molecule has 1 aliphatic rings. The van der Waals surface area contributed by atoms with Crippen LogP contribution in [-0.4, -0.2) is 41.1 Å². The Balaban J connectivity index is 2.72. The number of rotatable bonds is 4. The Morgan fingerprint density at radius 3 is 2.35 bits per heavy atom. The van der Waals surface area contributed by atoms with Gasteiger partial charge in [0.2, 0.25) is 5.91 Å². The monoisotopic (exact) mass is 242 g/mol. The van der Waals surface area contributed by atoms with Crippen molar-refractivity contribution in [1.82, 2.24) is 4.90 Å². The first-order chi connectivity index (χ1) is 7.88. The molecule has 0 unspecified atom stereocenters. The first-order valence-electron chi connectivity index (χ1n) is 6.55. The molecule has 0 saturated heterocycles. The summed E-state index contributed by atoms with van der Waals surface area (Å²) >= 11 is 0. The van der Waals surface area contributed by atoms with Crippen LogP contribution in [0.25, 0.3) is 0 Å². The summed E-state index contributed by atoms with van der Waals surface area (Å²) in [5.41, 5.74) is 5.79. The van der Waals surface area contributed by atoms with E-state index in [0.29, 0.717) is 6.54 Å². The van der Waals surface area contributed by atoms with E-state index in [2.05, 4.69) is 0 Å². The summed E-state index contributed by atoms with van der Waals surface area (Å²) < 4.78 is 0. The average Bonchev–Trinajstić information content (AvgIpc) is 2.75. The van der Waals surface area contributed by atoms with Gasteiger partial charge in [0.05, 0.1) is 12.6 Å². The highest BCUT2D eigenvalue weighted by Gasteiger charge is 2.34. The molecular formula is C13H26N2O2. The zero-order valence-corrected chi connectivity index (χ0v) is 11.3. The standard InChI is InChI=1S/C13H26N2O2/c1-13(2,3)11(14)12(17)15(8-9-16)10-6-4-5-7-10/h10-11,16H,4-9,14H2,1-3H3/t11-/m0/s1. The summed E-state index contributed by atoms with van der Waals surface area (Å²) in [4.78, 5) is 14.2. The number of aliphatic hydroxyl groups excluding tert-OH is 1. The fourth-order valence-electron chi connectivity index (χ4n) is 2.35. The lowest BCUT2D eigenvalue weighted by Gasteiger charge is -2.35. The molecule has 3 N–H and O–H groups in total. The molecule has 0 aromatic carbocycles. The molecular weight excluding hydrogens is 216 g/mol. The molecule has 1 amide bonds. The molecule has 100 valence electrons. The number of nitrogens with zero attached hydrogens (tertiary/aromatic N) is 1. The molecule has 0 heterocycles. The van der Waals surface area contributed by atoms with Gasteiger partial charge in [-0.2, -0.15) is 0 Å². The van der Waals surface area contributed by atoms with E-state index >= 15 is 0 Å². The van der Waals surface area contributed by atoms with E-state index in [-0.39, 0.29) is 24.0 Å². The van der Waals surface area contributed by atoms with Crippen molar-refractivity contribution in [1.29, 1.82) is 0 Å². The van der Waals surface area contributed by atoms with Crippen molar-refractivity contribution < 1.29 is 9.90 Å². The fourth-order valence-corrected chi connectivity index (χ4v) is 2.35. The first kappa shape index (κ1) is 14.5. The van der Waals surface area contributed by atoms with Crippen molar-refractivity contribution in [2.75, 3.05) is 13.2 Å². The molecule has 0 aliphatic heterocycles. The molecule has 0 radical (unpaired) electrons. The van der Waals surface area contributed by atoms with Gasteiger partial charge >= 0.3 is 0 Å². The maximum Gasteiger partial charge on any atom is 0.240 e. The van der Waals surface area contributed by atoms with Crippen LogP contribution in [0.3, 0.4) is 0 Å². The molecule has 0 aromatic heterocycles. The van der Waals surface area contributed by atoms with Gasteiger partial charge in [-0.1, -0.05) is 33.6 Å². The summed E-state index contributed by atoms with van der Waals surface area (Å²) in [5.74, 6) is -0.0153. The van der Waals surface area contributed by atoms with Crippen molar-refractivity contribution in [3.05, 3.63) is 0 Å². The van der Waals surface area contributed by atoms with Gasteiger partial charge in [-0.25, -0.2) is 0 Å². The lowest BCUT2D eigenvalue weighted by Crippen LogP contribution is -2.53. The Morgan fingerprint density at radius 1 is 1.41 bits per heavy atom. The van der Waals surface area contributed by atoms with Crippen LogP contribution < -0.4 is 5.73 Å². The van der Waals surface area contributed by atoms with Crippen molar-refractivity contribution in [3.63, 3.8) is 0 Å². The summed E-state index contributed by atoms with van der Waals surface area (Å²) in [5, 5.41) is 9.10. The number of hydrogen-bond donors (Lipinski definition) is 2. The molecule has 1 fully saturated rings. The maximum absolute atomic E-state index is 12.4. The van der Waals surface area contributed by atoms with Crippen LogP contribution in [-0.2, 0) is 4.79 Å². The average molecular weight is 242 g/mol. The largest absolute Gasteiger partial charge is 0.395 e. The van der Waals surface area contributed by atoms with E-state index in [9.17, 15) is 4.79 Å². The van der Waals surface area contributed by atoms with E-state index < -0.39 is 6.04 Å². The third-order valence-electron chi connectivity index (χ3n) is 3.59. The van der Waals surface area contributed by atoms with Gasteiger partial charge in [0, 0.05) is 12.6 Å². The zero-order valence-electron chi connectivity index (χ0n) is 11.3. The van der Waals surface area contributed by atoms with Gasteiger partial charge in [-0.05, 0) is 18.3 Å². The molecule has 4 heteroatoms. The van der Waals surface area contributed by atoms with E-state index in [1.807, 2.05) is 20.8 Å². The van der Waals surface area contributed by atoms with Crippen LogP contribution >= 0.6 is 0 Å². The van der Waals surface area contributed by atoms with Gasteiger partial charge < -0.3 is 15.7 Å². The molecule has 0 spiro atoms. The van der Waals surface area contributed by atoms with Crippen molar-refractivity contribution in [3.8, 4) is 0 Å². The Morgan fingerprint density at radius 2 is 1.94 bits per heavy atom. The second-order valence-corrected chi connectivity index (χ2v) is 6.04. The lowest BCUT2D eigenvalue weighted by molar-refractivity contribution is -0.137. The minimum atomic E-state index is -0.491. The molecule has 1 aliphatic carbocycles. The third kappa shape index (κ3) is 3.68. The van der Waals surface area contributed by atoms with E-state index in [0.717, 1.165) is 12.8 Å². The molecule has 1 atom stereocenters. The number of carbonyl (C=O) groups excluding carboxylic acids is 1. The predicted octanol–water partition coefficient (Wildman–Crippen LogP) is 1.12. The van der Waals surface area contributed by atoms with Crippen LogP contribution in [0.2, 0.25) is 0 Å². The molecule has 1 rings (SSSR count). The van der Waals surface area contributed by atoms with E-state index in [4.69, 9.17) is 10.8 Å². The fraction of sp³-hybridized carbons (Fsp3) is 0.923. The second kappa shape index (κ2) is 5.83. The molecule has 0 aromatic rings. The maximum atomic E-state index is 12.4. The van der Waals surface area contributed by atoms with Gasteiger partial charge in [-0.15, -0.1) is 0 Å². The highest BCUT2D eigenvalue weighted by molar-refractivity contribution is 5.82. The highest BCUT2D eigenvalue weighted by atomic mass is 16.3. The molecule has 4 nitrogen and oxygen atoms in total. The SMILES string of the molecule is CC(C)(C)[C@@H](N)C(=O)N(CCO)C1CCCC1. The van der Waals surface area contributed by atoms with Gasteiger partial charge in [0.1, 0.15) is 0 Å². The highest BCUT2D eigenvalue weighted by Crippen LogP contribution is 2.26. The number of carbonyl (C=O) groups is 1. The predicted molar refractivity (Wildman–Crippen MR) is 68.5 cm³/mol. The first-order valence-corrected chi connectivity index (χ1v) is 6.55. The van der Waals surface area contributed by atoms with Gasteiger partial charge in [-0.3, -0.25) is 4.79 Å². The zero-order chi connectivity index (χ0) is 13.1. The van der Waals surface area contributed by atoms with Crippen LogP contribution in [0.1, 0.15) is 46.5 Å². The van der Waals surface area contributed by atoms with E-state index in [1.165, 1.54) is 12.8 Å². The van der Waals surface area contributed by atoms with Crippen LogP contribution in [0.4, 0.5) is 0 Å². The number of nitrogens with two attached hydrogens (primary N) is 1. The summed E-state index contributed by atoms with van der Waals surface area (Å²) in [7, 11) is 0.